The molecule has 3 rings (SSSR count). The molecule has 0 saturated carbocycles. The molecule has 1 amide bonds. The van der Waals surface area contributed by atoms with Crippen molar-refractivity contribution in [1.29, 1.82) is 0 Å². The molecule has 2 aromatic rings. The zero-order chi connectivity index (χ0) is 19.2. The average Bonchev–Trinajstić information content (AvgIpc) is 2.73. The summed E-state index contributed by atoms with van der Waals surface area (Å²) in [4.78, 5) is 30.7. The van der Waals surface area contributed by atoms with Crippen molar-refractivity contribution in [2.24, 2.45) is 0 Å². The highest BCUT2D eigenvalue weighted by atomic mass is 16.5. The van der Waals surface area contributed by atoms with Crippen LogP contribution in [0.2, 0.25) is 0 Å². The van der Waals surface area contributed by atoms with E-state index in [2.05, 4.69) is 17.2 Å². The van der Waals surface area contributed by atoms with Gasteiger partial charge >= 0.3 is 5.97 Å². The average molecular weight is 367 g/mol. The van der Waals surface area contributed by atoms with Crippen molar-refractivity contribution in [2.75, 3.05) is 19.0 Å². The Morgan fingerprint density at radius 2 is 2.07 bits per heavy atom. The summed E-state index contributed by atoms with van der Waals surface area (Å²) in [5.41, 5.74) is 2.43. The summed E-state index contributed by atoms with van der Waals surface area (Å²) in [6.07, 6.45) is 5.92. The number of likely N-dealkylation sites (tertiary alicyclic amines) is 1. The van der Waals surface area contributed by atoms with E-state index in [1.165, 1.54) is 13.5 Å². The molecule has 1 aromatic carbocycles. The molecule has 0 spiro atoms. The van der Waals surface area contributed by atoms with Gasteiger partial charge in [-0.05, 0) is 56.0 Å². The lowest BCUT2D eigenvalue weighted by Gasteiger charge is -2.35. The van der Waals surface area contributed by atoms with Gasteiger partial charge in [-0.15, -0.1) is 0 Å². The third kappa shape index (κ3) is 4.45. The Morgan fingerprint density at radius 3 is 2.78 bits per heavy atom. The highest BCUT2D eigenvalue weighted by Crippen LogP contribution is 2.22. The quantitative estimate of drug-likeness (QED) is 0.808. The van der Waals surface area contributed by atoms with Gasteiger partial charge in [0.25, 0.3) is 5.91 Å². The second-order valence-corrected chi connectivity index (χ2v) is 6.69. The van der Waals surface area contributed by atoms with Crippen LogP contribution in [-0.2, 0) is 4.74 Å². The Hall–Kier alpha value is -2.89. The maximum atomic E-state index is 12.8. The molecule has 1 unspecified atom stereocenters. The molecule has 1 saturated heterocycles. The molecule has 142 valence electrons. The van der Waals surface area contributed by atoms with Gasteiger partial charge in [0, 0.05) is 18.3 Å². The number of carbonyl (C=O) groups excluding carboxylic acids is 2. The van der Waals surface area contributed by atoms with E-state index in [4.69, 9.17) is 4.74 Å². The minimum Gasteiger partial charge on any atom is -0.465 e. The second kappa shape index (κ2) is 8.66. The number of pyridine rings is 1. The van der Waals surface area contributed by atoms with E-state index in [0.29, 0.717) is 17.3 Å². The summed E-state index contributed by atoms with van der Waals surface area (Å²) in [6.45, 7) is 2.93. The number of anilines is 2. The van der Waals surface area contributed by atoms with Crippen LogP contribution in [0.15, 0.2) is 42.6 Å². The molecule has 0 bridgehead atoms. The molecule has 1 atom stereocenters. The molecule has 1 N–H and O–H groups in total. The first-order valence-corrected chi connectivity index (χ1v) is 9.34. The highest BCUT2D eigenvalue weighted by Gasteiger charge is 2.26. The number of amides is 1. The van der Waals surface area contributed by atoms with E-state index in [9.17, 15) is 9.59 Å². The van der Waals surface area contributed by atoms with Gasteiger partial charge in [-0.2, -0.15) is 0 Å². The fourth-order valence-electron chi connectivity index (χ4n) is 3.44. The lowest BCUT2D eigenvalue weighted by molar-refractivity contribution is 0.0593. The van der Waals surface area contributed by atoms with Crippen molar-refractivity contribution in [3.8, 4) is 0 Å². The van der Waals surface area contributed by atoms with Crippen LogP contribution in [-0.4, -0.2) is 41.5 Å². The molecule has 1 aliphatic heterocycles. The van der Waals surface area contributed by atoms with Crippen molar-refractivity contribution in [2.45, 2.75) is 38.6 Å². The van der Waals surface area contributed by atoms with Gasteiger partial charge < -0.3 is 15.0 Å². The highest BCUT2D eigenvalue weighted by molar-refractivity contribution is 5.93. The topological polar surface area (TPSA) is 71.5 Å². The summed E-state index contributed by atoms with van der Waals surface area (Å²) in [5.74, 6) is -0.384. The number of esters is 1. The summed E-state index contributed by atoms with van der Waals surface area (Å²) in [7, 11) is 1.35. The Balaban J connectivity index is 1.70. The zero-order valence-corrected chi connectivity index (χ0v) is 15.8. The van der Waals surface area contributed by atoms with Crippen LogP contribution in [0.4, 0.5) is 11.4 Å². The maximum absolute atomic E-state index is 12.8. The van der Waals surface area contributed by atoms with E-state index in [1.54, 1.807) is 30.5 Å². The van der Waals surface area contributed by atoms with Crippen molar-refractivity contribution < 1.29 is 14.3 Å². The number of benzene rings is 1. The number of hydrogen-bond donors (Lipinski definition) is 1. The largest absolute Gasteiger partial charge is 0.465 e. The smallest absolute Gasteiger partial charge is 0.337 e. The summed E-state index contributed by atoms with van der Waals surface area (Å²) in [6, 6.07) is 10.9. The van der Waals surface area contributed by atoms with Gasteiger partial charge in [0.1, 0.15) is 5.69 Å². The number of piperidine rings is 1. The molecular formula is C21H25N3O3. The van der Waals surface area contributed by atoms with Crippen LogP contribution >= 0.6 is 0 Å². The van der Waals surface area contributed by atoms with Crippen LogP contribution < -0.4 is 5.32 Å². The van der Waals surface area contributed by atoms with E-state index in [1.807, 2.05) is 17.0 Å². The fourth-order valence-corrected chi connectivity index (χ4v) is 3.44. The Kier molecular flexibility index (Phi) is 6.06. The number of methoxy groups -OCH3 is 1. The number of aromatic nitrogens is 1. The molecule has 6 heteroatoms. The van der Waals surface area contributed by atoms with E-state index >= 15 is 0 Å². The lowest BCUT2D eigenvalue weighted by atomic mass is 9.99. The second-order valence-electron chi connectivity index (χ2n) is 6.69. The minimum absolute atomic E-state index is 0.000730. The first kappa shape index (κ1) is 18.9. The van der Waals surface area contributed by atoms with Gasteiger partial charge in [0.05, 0.1) is 24.6 Å². The predicted molar refractivity (Wildman–Crippen MR) is 104 cm³/mol. The molecule has 6 nitrogen and oxygen atoms in total. The molecule has 1 aliphatic rings. The molecule has 2 heterocycles. The van der Waals surface area contributed by atoms with Crippen molar-refractivity contribution in [1.82, 2.24) is 9.88 Å². The standard InChI is InChI=1S/C21H25N3O3/c1-3-18-9-4-5-12-24(18)20(25)19-11-10-17(14-22-19)23-16-8-6-7-15(13-16)21(26)27-2/h6-8,10-11,13-14,18,23H,3-5,9,12H2,1-2H3. The van der Waals surface area contributed by atoms with Gasteiger partial charge in [0.2, 0.25) is 0 Å². The van der Waals surface area contributed by atoms with Crippen molar-refractivity contribution in [3.63, 3.8) is 0 Å². The number of carbonyl (C=O) groups is 2. The first-order chi connectivity index (χ1) is 13.1. The number of ether oxygens (including phenoxy) is 1. The summed E-state index contributed by atoms with van der Waals surface area (Å²) in [5, 5.41) is 3.19. The fraction of sp³-hybridized carbons (Fsp3) is 0.381. The Bertz CT molecular complexity index is 805. The Labute approximate surface area is 159 Å². The van der Waals surface area contributed by atoms with Crippen molar-refractivity contribution >= 4 is 23.3 Å². The van der Waals surface area contributed by atoms with Gasteiger partial charge in [0.15, 0.2) is 0 Å². The summed E-state index contributed by atoms with van der Waals surface area (Å²) >= 11 is 0. The van der Waals surface area contributed by atoms with Gasteiger partial charge in [-0.1, -0.05) is 13.0 Å². The maximum Gasteiger partial charge on any atom is 0.337 e. The monoisotopic (exact) mass is 367 g/mol. The van der Waals surface area contributed by atoms with Crippen LogP contribution in [0.25, 0.3) is 0 Å². The van der Waals surface area contributed by atoms with E-state index in [-0.39, 0.29) is 11.9 Å². The lowest BCUT2D eigenvalue weighted by Crippen LogP contribution is -2.43. The summed E-state index contributed by atoms with van der Waals surface area (Å²) < 4.78 is 4.74. The third-order valence-corrected chi connectivity index (χ3v) is 4.91. The van der Waals surface area contributed by atoms with Crippen LogP contribution in [0, 0.1) is 0 Å². The van der Waals surface area contributed by atoms with Crippen LogP contribution in [0.1, 0.15) is 53.5 Å². The van der Waals surface area contributed by atoms with Crippen molar-refractivity contribution in [3.05, 3.63) is 53.9 Å². The molecule has 0 radical (unpaired) electrons. The van der Waals surface area contributed by atoms with E-state index < -0.39 is 0 Å². The third-order valence-electron chi connectivity index (χ3n) is 4.91. The number of hydrogen-bond acceptors (Lipinski definition) is 5. The normalized spacial score (nSPS) is 16.7. The molecule has 1 aromatic heterocycles. The minimum atomic E-state index is -0.385. The first-order valence-electron chi connectivity index (χ1n) is 9.34. The zero-order valence-electron chi connectivity index (χ0n) is 15.8. The predicted octanol–water partition coefficient (Wildman–Crippen LogP) is 4.02. The number of nitrogens with one attached hydrogen (secondary N) is 1. The van der Waals surface area contributed by atoms with Gasteiger partial charge in [-0.25, -0.2) is 9.78 Å². The number of nitrogens with zero attached hydrogens (tertiary/aromatic N) is 2. The van der Waals surface area contributed by atoms with Crippen LogP contribution in [0.3, 0.4) is 0 Å². The number of rotatable bonds is 5. The van der Waals surface area contributed by atoms with Crippen LogP contribution in [0.5, 0.6) is 0 Å². The van der Waals surface area contributed by atoms with E-state index in [0.717, 1.165) is 37.2 Å². The Morgan fingerprint density at radius 1 is 1.22 bits per heavy atom. The molecular weight excluding hydrogens is 342 g/mol. The molecule has 1 fully saturated rings. The molecule has 0 aliphatic carbocycles. The molecule has 27 heavy (non-hydrogen) atoms. The van der Waals surface area contributed by atoms with Gasteiger partial charge in [-0.3, -0.25) is 4.79 Å². The SMILES string of the molecule is CCC1CCCCN1C(=O)c1ccc(Nc2cccc(C(=O)OC)c2)cn1.